The number of imide groups is 1. The molecule has 0 aromatic heterocycles. The molecule has 2 heterocycles. The number of methoxy groups -OCH3 is 2. The van der Waals surface area contributed by atoms with E-state index in [4.69, 9.17) is 18.9 Å². The van der Waals surface area contributed by atoms with Crippen LogP contribution in [0.2, 0.25) is 0 Å². The number of aliphatic hydroxyl groups is 1. The van der Waals surface area contributed by atoms with Gasteiger partial charge in [-0.05, 0) is 41.0 Å². The Morgan fingerprint density at radius 3 is 1.95 bits per heavy atom. The quantitative estimate of drug-likeness (QED) is 0.313. The summed E-state index contributed by atoms with van der Waals surface area (Å²) >= 11 is 0. The maximum absolute atomic E-state index is 15.3. The van der Waals surface area contributed by atoms with E-state index in [2.05, 4.69) is 5.32 Å². The van der Waals surface area contributed by atoms with E-state index in [1.807, 2.05) is 78.9 Å². The van der Waals surface area contributed by atoms with E-state index >= 15 is 4.39 Å². The second kappa shape index (κ2) is 11.6. The summed E-state index contributed by atoms with van der Waals surface area (Å²) in [5.41, 5.74) is 1.12. The van der Waals surface area contributed by atoms with E-state index in [9.17, 15) is 14.7 Å². The molecule has 2 aliphatic rings. The van der Waals surface area contributed by atoms with Crippen molar-refractivity contribution in [2.75, 3.05) is 20.8 Å². The fourth-order valence-electron chi connectivity index (χ4n) is 5.24. The SMILES string of the molecule is COc1ccc(C(OC[C@H]2O[C@@H](C3C=CC(=O)NC3=O)[C@@H](F)[C@H]2O)(c2ccccc2)c2ccc(OC)cc2)cc1. The predicted molar refractivity (Wildman–Crippen MR) is 144 cm³/mol. The lowest BCUT2D eigenvalue weighted by molar-refractivity contribution is -0.136. The summed E-state index contributed by atoms with van der Waals surface area (Å²) < 4.78 is 38.6. The van der Waals surface area contributed by atoms with E-state index in [1.165, 1.54) is 6.08 Å². The molecule has 1 saturated heterocycles. The van der Waals surface area contributed by atoms with Gasteiger partial charge in [-0.3, -0.25) is 14.9 Å². The normalized spacial score (nSPS) is 24.6. The first-order valence-corrected chi connectivity index (χ1v) is 12.9. The molecule has 40 heavy (non-hydrogen) atoms. The topological polar surface area (TPSA) is 103 Å². The van der Waals surface area contributed by atoms with Crippen molar-refractivity contribution in [3.05, 3.63) is 108 Å². The highest BCUT2D eigenvalue weighted by molar-refractivity contribution is 6.05. The van der Waals surface area contributed by atoms with Crippen LogP contribution in [-0.4, -0.2) is 62.2 Å². The van der Waals surface area contributed by atoms with Crippen LogP contribution in [0.4, 0.5) is 4.39 Å². The maximum Gasteiger partial charge on any atom is 0.250 e. The first-order valence-electron chi connectivity index (χ1n) is 12.9. The van der Waals surface area contributed by atoms with Gasteiger partial charge in [0.2, 0.25) is 11.8 Å². The summed E-state index contributed by atoms with van der Waals surface area (Å²) in [4.78, 5) is 23.9. The number of benzene rings is 3. The molecule has 8 nitrogen and oxygen atoms in total. The monoisotopic (exact) mass is 547 g/mol. The first-order chi connectivity index (χ1) is 19.4. The number of carbonyl (C=O) groups excluding carboxylic acids is 2. The third kappa shape index (κ3) is 5.11. The molecule has 2 amide bonds. The molecule has 5 rings (SSSR count). The first kappa shape index (κ1) is 27.5. The van der Waals surface area contributed by atoms with Gasteiger partial charge < -0.3 is 24.1 Å². The van der Waals surface area contributed by atoms with Gasteiger partial charge in [0.05, 0.1) is 26.7 Å². The van der Waals surface area contributed by atoms with Crippen LogP contribution in [0.15, 0.2) is 91.0 Å². The lowest BCUT2D eigenvalue weighted by Gasteiger charge is -2.37. The van der Waals surface area contributed by atoms with Gasteiger partial charge in [0, 0.05) is 6.08 Å². The fourth-order valence-corrected chi connectivity index (χ4v) is 5.24. The van der Waals surface area contributed by atoms with Crippen LogP contribution in [0.3, 0.4) is 0 Å². The van der Waals surface area contributed by atoms with Crippen LogP contribution in [0.1, 0.15) is 16.7 Å². The molecule has 0 saturated carbocycles. The summed E-state index contributed by atoms with van der Waals surface area (Å²) in [6, 6.07) is 24.4. The second-order valence-electron chi connectivity index (χ2n) is 9.63. The van der Waals surface area contributed by atoms with E-state index < -0.39 is 47.8 Å². The standard InChI is InChI=1S/C31H30FNO7/c1-37-22-12-8-20(9-13-22)31(19-6-4-3-5-7-19,21-10-14-23(38-2)15-11-21)39-18-25-28(35)27(32)29(40-25)24-16-17-26(34)33-30(24)36/h3-17,24-25,27-29,35H,18H2,1-2H3,(H,33,34,36)/t24?,25-,27+,28+,29+/m1/s1. The Labute approximate surface area is 231 Å². The van der Waals surface area contributed by atoms with Crippen LogP contribution >= 0.6 is 0 Å². The molecular formula is C31H30FNO7. The van der Waals surface area contributed by atoms with Crippen molar-refractivity contribution in [3.8, 4) is 11.5 Å². The molecule has 0 bridgehead atoms. The minimum atomic E-state index is -1.87. The van der Waals surface area contributed by atoms with Gasteiger partial charge in [0.1, 0.15) is 35.4 Å². The molecule has 1 fully saturated rings. The van der Waals surface area contributed by atoms with Crippen LogP contribution in [-0.2, 0) is 24.7 Å². The van der Waals surface area contributed by atoms with Gasteiger partial charge in [-0.2, -0.15) is 0 Å². The smallest absolute Gasteiger partial charge is 0.250 e. The molecule has 0 radical (unpaired) electrons. The number of ether oxygens (including phenoxy) is 4. The number of carbonyl (C=O) groups is 2. The average molecular weight is 548 g/mol. The zero-order valence-electron chi connectivity index (χ0n) is 22.0. The van der Waals surface area contributed by atoms with Crippen LogP contribution in [0, 0.1) is 5.92 Å². The molecule has 2 N–H and O–H groups in total. The van der Waals surface area contributed by atoms with E-state index in [-0.39, 0.29) is 6.61 Å². The van der Waals surface area contributed by atoms with Gasteiger partial charge in [0.15, 0.2) is 6.17 Å². The molecule has 0 aliphatic carbocycles. The minimum absolute atomic E-state index is 0.206. The Hall–Kier alpha value is -4.05. The Morgan fingerprint density at radius 2 is 1.43 bits per heavy atom. The second-order valence-corrected chi connectivity index (χ2v) is 9.63. The molecule has 9 heteroatoms. The number of alkyl halides is 1. The third-order valence-electron chi connectivity index (χ3n) is 7.35. The summed E-state index contributed by atoms with van der Waals surface area (Å²) in [6.07, 6.45) is -3.32. The highest BCUT2D eigenvalue weighted by Gasteiger charge is 2.50. The molecule has 5 atom stereocenters. The van der Waals surface area contributed by atoms with Crippen molar-refractivity contribution in [1.82, 2.24) is 5.32 Å². The number of hydrogen-bond acceptors (Lipinski definition) is 7. The Balaban J connectivity index is 1.53. The largest absolute Gasteiger partial charge is 0.497 e. The Morgan fingerprint density at radius 1 is 0.875 bits per heavy atom. The van der Waals surface area contributed by atoms with Crippen molar-refractivity contribution in [3.63, 3.8) is 0 Å². The molecule has 3 aromatic carbocycles. The molecule has 2 aliphatic heterocycles. The zero-order chi connectivity index (χ0) is 28.3. The fraction of sp³-hybridized carbons (Fsp3) is 0.290. The van der Waals surface area contributed by atoms with E-state index in [1.54, 1.807) is 14.2 Å². The van der Waals surface area contributed by atoms with Gasteiger partial charge in [-0.25, -0.2) is 4.39 Å². The van der Waals surface area contributed by atoms with Crippen molar-refractivity contribution in [2.24, 2.45) is 5.92 Å². The van der Waals surface area contributed by atoms with Crippen molar-refractivity contribution >= 4 is 11.8 Å². The van der Waals surface area contributed by atoms with Crippen LogP contribution in [0.5, 0.6) is 11.5 Å². The van der Waals surface area contributed by atoms with Crippen molar-refractivity contribution in [2.45, 2.75) is 30.1 Å². The van der Waals surface area contributed by atoms with Gasteiger partial charge >= 0.3 is 0 Å². The average Bonchev–Trinajstić information content (AvgIpc) is 3.27. The Bertz CT molecular complexity index is 1310. The number of nitrogens with one attached hydrogen (secondary N) is 1. The molecule has 1 unspecified atom stereocenters. The highest BCUT2D eigenvalue weighted by atomic mass is 19.1. The van der Waals surface area contributed by atoms with Crippen LogP contribution < -0.4 is 14.8 Å². The summed E-state index contributed by atoms with van der Waals surface area (Å²) in [5, 5.41) is 13.0. The lowest BCUT2D eigenvalue weighted by atomic mass is 9.80. The molecule has 208 valence electrons. The summed E-state index contributed by atoms with van der Waals surface area (Å²) in [6.45, 7) is -0.206. The molecule has 3 aromatic rings. The maximum atomic E-state index is 15.3. The number of hydrogen-bond donors (Lipinski definition) is 2. The lowest BCUT2D eigenvalue weighted by Crippen LogP contribution is -2.45. The minimum Gasteiger partial charge on any atom is -0.497 e. The molecular weight excluding hydrogens is 517 g/mol. The summed E-state index contributed by atoms with van der Waals surface area (Å²) in [5.74, 6) is -0.995. The number of halogens is 1. The van der Waals surface area contributed by atoms with E-state index in [0.29, 0.717) is 11.5 Å². The zero-order valence-corrected chi connectivity index (χ0v) is 22.0. The van der Waals surface area contributed by atoms with Crippen molar-refractivity contribution < 1.29 is 38.0 Å². The van der Waals surface area contributed by atoms with Gasteiger partial charge in [-0.15, -0.1) is 0 Å². The number of rotatable bonds is 9. The van der Waals surface area contributed by atoms with Crippen molar-refractivity contribution in [1.29, 1.82) is 0 Å². The number of amides is 2. The molecule has 0 spiro atoms. The van der Waals surface area contributed by atoms with E-state index in [0.717, 1.165) is 22.8 Å². The predicted octanol–water partition coefficient (Wildman–Crippen LogP) is 3.31. The number of aliphatic hydroxyl groups excluding tert-OH is 1. The van der Waals surface area contributed by atoms with Crippen LogP contribution in [0.25, 0.3) is 0 Å². The summed E-state index contributed by atoms with van der Waals surface area (Å²) in [7, 11) is 3.17. The third-order valence-corrected chi connectivity index (χ3v) is 7.35. The Kier molecular flexibility index (Phi) is 7.97. The van der Waals surface area contributed by atoms with Gasteiger partial charge in [0.25, 0.3) is 0 Å². The highest BCUT2D eigenvalue weighted by Crippen LogP contribution is 2.43. The van der Waals surface area contributed by atoms with Gasteiger partial charge in [-0.1, -0.05) is 60.7 Å².